The van der Waals surface area contributed by atoms with E-state index in [2.05, 4.69) is 58.9 Å². The third-order valence-electron chi connectivity index (χ3n) is 13.3. The summed E-state index contributed by atoms with van der Waals surface area (Å²) in [6, 6.07) is 25.1. The molecule has 0 aliphatic heterocycles. The van der Waals surface area contributed by atoms with E-state index in [1.807, 2.05) is 48.5 Å². The molecule has 2 fully saturated rings. The molecule has 4 aromatic rings. The number of rotatable bonds is 17. The monoisotopic (exact) mass is 743 g/mol. The molecule has 0 heterocycles. The van der Waals surface area contributed by atoms with Crippen LogP contribution in [0, 0.1) is 45.4 Å². The number of anilines is 2. The molecule has 4 aromatic carbocycles. The van der Waals surface area contributed by atoms with Crippen LogP contribution in [0.1, 0.15) is 156 Å². The molecular formula is C51H70N2O2. The smallest absolute Gasteiger partial charge is 0.133 e. The molecule has 4 heteroatoms. The lowest BCUT2D eigenvalue weighted by atomic mass is 9.59. The fourth-order valence-electron chi connectivity index (χ4n) is 10.2. The van der Waals surface area contributed by atoms with Crippen molar-refractivity contribution in [2.45, 2.75) is 156 Å². The van der Waals surface area contributed by atoms with Crippen LogP contribution in [0.25, 0.3) is 0 Å². The summed E-state index contributed by atoms with van der Waals surface area (Å²) in [5.74, 6) is 6.07. The van der Waals surface area contributed by atoms with Gasteiger partial charge in [0.2, 0.25) is 0 Å². The maximum Gasteiger partial charge on any atom is 0.133 e. The summed E-state index contributed by atoms with van der Waals surface area (Å²) in [5.41, 5.74) is 21.0. The Balaban J connectivity index is 1.16. The second-order valence-corrected chi connectivity index (χ2v) is 17.5. The molecule has 296 valence electrons. The van der Waals surface area contributed by atoms with Crippen molar-refractivity contribution in [1.82, 2.24) is 0 Å². The van der Waals surface area contributed by atoms with Crippen LogP contribution in [-0.2, 0) is 5.41 Å². The average molecular weight is 743 g/mol. The molecule has 0 saturated heterocycles. The summed E-state index contributed by atoms with van der Waals surface area (Å²) in [7, 11) is 0. The lowest BCUT2D eigenvalue weighted by Gasteiger charge is -2.45. The maximum absolute atomic E-state index is 6.48. The first-order valence-electron chi connectivity index (χ1n) is 22.0. The summed E-state index contributed by atoms with van der Waals surface area (Å²) < 4.78 is 13.0. The first kappa shape index (κ1) is 40.7. The zero-order valence-electron chi connectivity index (χ0n) is 34.9. The number of nitrogen functional groups attached to an aromatic ring is 2. The van der Waals surface area contributed by atoms with Gasteiger partial charge in [0.25, 0.3) is 0 Å². The standard InChI is InChI=1S/C51H70N2O2/c1-6-7-8-9-10-11-12-13-14-17-40-22-24-41(25-23-40)42-26-28-51(29-27-42,43-30-36(2)49(37(3)31-43)54-47-20-15-18-45(52)34-47)44-32-38(4)50(39(5)33-44)55-48-21-16-19-46(53)35-48/h15-16,18-21,30-35,40-42H,6-14,17,22-29,52-53H2,1-5H3. The molecule has 0 amide bonds. The predicted molar refractivity (Wildman–Crippen MR) is 234 cm³/mol. The number of hydrogen-bond donors (Lipinski definition) is 2. The molecule has 0 atom stereocenters. The van der Waals surface area contributed by atoms with Gasteiger partial charge in [-0.2, -0.15) is 0 Å². The van der Waals surface area contributed by atoms with Crippen molar-refractivity contribution in [2.75, 3.05) is 11.5 Å². The Morgan fingerprint density at radius 1 is 0.527 bits per heavy atom. The lowest BCUT2D eigenvalue weighted by molar-refractivity contribution is 0.140. The van der Waals surface area contributed by atoms with Crippen LogP contribution < -0.4 is 20.9 Å². The SMILES string of the molecule is CCCCCCCCCCCC1CCC(C2CCC(c3cc(C)c(Oc4cccc(N)c4)c(C)c3)(c3cc(C)c(Oc4cccc(N)c4)c(C)c3)CC2)CC1. The van der Waals surface area contributed by atoms with Gasteiger partial charge in [-0.15, -0.1) is 0 Å². The summed E-state index contributed by atoms with van der Waals surface area (Å²) in [6.45, 7) is 11.1. The van der Waals surface area contributed by atoms with Crippen LogP contribution in [0.3, 0.4) is 0 Å². The fourth-order valence-corrected chi connectivity index (χ4v) is 10.2. The Labute approximate surface area is 333 Å². The molecule has 4 nitrogen and oxygen atoms in total. The van der Waals surface area contributed by atoms with E-state index in [9.17, 15) is 0 Å². The van der Waals surface area contributed by atoms with Crippen LogP contribution in [0.2, 0.25) is 0 Å². The lowest BCUT2D eigenvalue weighted by Crippen LogP contribution is -2.36. The van der Waals surface area contributed by atoms with Crippen LogP contribution in [0.4, 0.5) is 11.4 Å². The van der Waals surface area contributed by atoms with E-state index in [4.69, 9.17) is 20.9 Å². The Hall–Kier alpha value is -3.92. The zero-order valence-corrected chi connectivity index (χ0v) is 34.9. The second-order valence-electron chi connectivity index (χ2n) is 17.5. The maximum atomic E-state index is 6.48. The van der Waals surface area contributed by atoms with Gasteiger partial charge in [0.05, 0.1) is 0 Å². The van der Waals surface area contributed by atoms with E-state index in [0.29, 0.717) is 11.4 Å². The highest BCUT2D eigenvalue weighted by molar-refractivity contribution is 5.55. The number of unbranched alkanes of at least 4 members (excludes halogenated alkanes) is 8. The topological polar surface area (TPSA) is 70.5 Å². The van der Waals surface area contributed by atoms with Crippen LogP contribution in [0.15, 0.2) is 72.8 Å². The average Bonchev–Trinajstić information content (AvgIpc) is 3.17. The van der Waals surface area contributed by atoms with Gasteiger partial charge in [-0.1, -0.05) is 120 Å². The second kappa shape index (κ2) is 19.3. The summed E-state index contributed by atoms with van der Waals surface area (Å²) in [5, 5.41) is 0. The zero-order chi connectivity index (χ0) is 38.8. The fraction of sp³-hybridized carbons (Fsp3) is 0.529. The minimum atomic E-state index is -0.0693. The molecule has 2 aliphatic carbocycles. The first-order valence-corrected chi connectivity index (χ1v) is 22.0. The normalized spacial score (nSPS) is 18.6. The van der Waals surface area contributed by atoms with Crippen molar-refractivity contribution >= 4 is 11.4 Å². The van der Waals surface area contributed by atoms with E-state index < -0.39 is 0 Å². The number of hydrogen-bond acceptors (Lipinski definition) is 4. The summed E-state index contributed by atoms with van der Waals surface area (Å²) in [4.78, 5) is 0. The highest BCUT2D eigenvalue weighted by Gasteiger charge is 2.42. The molecule has 0 radical (unpaired) electrons. The number of benzene rings is 4. The minimum Gasteiger partial charge on any atom is -0.457 e. The third-order valence-corrected chi connectivity index (χ3v) is 13.3. The van der Waals surface area contributed by atoms with Gasteiger partial charge < -0.3 is 20.9 Å². The molecule has 0 spiro atoms. The van der Waals surface area contributed by atoms with Crippen LogP contribution >= 0.6 is 0 Å². The van der Waals surface area contributed by atoms with E-state index in [1.54, 1.807) is 0 Å². The molecule has 0 aromatic heterocycles. The van der Waals surface area contributed by atoms with Crippen molar-refractivity contribution in [3.8, 4) is 23.0 Å². The highest BCUT2D eigenvalue weighted by Crippen LogP contribution is 2.52. The van der Waals surface area contributed by atoms with Crippen molar-refractivity contribution in [2.24, 2.45) is 17.8 Å². The van der Waals surface area contributed by atoms with E-state index in [-0.39, 0.29) is 5.41 Å². The first-order chi connectivity index (χ1) is 26.6. The highest BCUT2D eigenvalue weighted by atomic mass is 16.5. The molecular weight excluding hydrogens is 673 g/mol. The quantitative estimate of drug-likeness (QED) is 0.0835. The molecule has 2 aliphatic rings. The molecule has 0 unspecified atom stereocenters. The largest absolute Gasteiger partial charge is 0.457 e. The van der Waals surface area contributed by atoms with Gasteiger partial charge in [-0.05, 0) is 142 Å². The molecule has 0 bridgehead atoms. The van der Waals surface area contributed by atoms with Gasteiger partial charge in [0, 0.05) is 28.9 Å². The van der Waals surface area contributed by atoms with Gasteiger partial charge >= 0.3 is 0 Å². The Morgan fingerprint density at radius 2 is 0.945 bits per heavy atom. The molecule has 55 heavy (non-hydrogen) atoms. The van der Waals surface area contributed by atoms with Gasteiger partial charge in [0.1, 0.15) is 23.0 Å². The molecule has 6 rings (SSSR count). The number of ether oxygens (including phenoxy) is 2. The van der Waals surface area contributed by atoms with Crippen LogP contribution in [0.5, 0.6) is 23.0 Å². The van der Waals surface area contributed by atoms with E-state index >= 15 is 0 Å². The van der Waals surface area contributed by atoms with Crippen molar-refractivity contribution in [3.05, 3.63) is 106 Å². The van der Waals surface area contributed by atoms with Crippen molar-refractivity contribution in [1.29, 1.82) is 0 Å². The van der Waals surface area contributed by atoms with Crippen molar-refractivity contribution < 1.29 is 9.47 Å². The predicted octanol–water partition coefficient (Wildman–Crippen LogP) is 14.9. The molecule has 2 saturated carbocycles. The van der Waals surface area contributed by atoms with Crippen LogP contribution in [-0.4, -0.2) is 0 Å². The summed E-state index contributed by atoms with van der Waals surface area (Å²) >= 11 is 0. The number of aryl methyl sites for hydroxylation is 4. The molecule has 4 N–H and O–H groups in total. The van der Waals surface area contributed by atoms with Crippen molar-refractivity contribution in [3.63, 3.8) is 0 Å². The van der Waals surface area contributed by atoms with Gasteiger partial charge in [-0.25, -0.2) is 0 Å². The third kappa shape index (κ3) is 10.5. The van der Waals surface area contributed by atoms with E-state index in [1.165, 1.54) is 149 Å². The Kier molecular flexibility index (Phi) is 14.3. The summed E-state index contributed by atoms with van der Waals surface area (Å²) in [6.07, 6.45) is 25.0. The number of nitrogens with two attached hydrogens (primary N) is 2. The Bertz CT molecular complexity index is 1680. The van der Waals surface area contributed by atoms with Gasteiger partial charge in [0.15, 0.2) is 0 Å². The minimum absolute atomic E-state index is 0.0693. The van der Waals surface area contributed by atoms with Gasteiger partial charge in [-0.3, -0.25) is 0 Å². The Morgan fingerprint density at radius 3 is 1.38 bits per heavy atom. The van der Waals surface area contributed by atoms with E-state index in [0.717, 1.165) is 40.8 Å².